The second-order valence-electron chi connectivity index (χ2n) is 8.97. The van der Waals surface area contributed by atoms with Crippen molar-refractivity contribution in [2.45, 2.75) is 51.2 Å². The number of pyridine rings is 1. The minimum absolute atomic E-state index is 0.162. The second kappa shape index (κ2) is 11.6. The predicted molar refractivity (Wildman–Crippen MR) is 139 cm³/mol. The molecule has 3 heterocycles. The number of benzene rings is 1. The van der Waals surface area contributed by atoms with Gasteiger partial charge in [-0.3, -0.25) is 9.78 Å². The molecule has 0 amide bonds. The van der Waals surface area contributed by atoms with Crippen LogP contribution in [0.25, 0.3) is 10.9 Å². The summed E-state index contributed by atoms with van der Waals surface area (Å²) in [5, 5.41) is 2.24. The third kappa shape index (κ3) is 6.23. The number of halogens is 1. The Morgan fingerprint density at radius 1 is 1.12 bits per heavy atom. The van der Waals surface area contributed by atoms with Gasteiger partial charge in [0.2, 0.25) is 5.12 Å². The number of ether oxygens (including phenoxy) is 1. The fourth-order valence-corrected chi connectivity index (χ4v) is 5.84. The van der Waals surface area contributed by atoms with Gasteiger partial charge in [0.1, 0.15) is 5.76 Å². The molecule has 33 heavy (non-hydrogen) atoms. The lowest BCUT2D eigenvalue weighted by molar-refractivity contribution is -0.107. The molecular weight excluding hydrogens is 454 g/mol. The quantitative estimate of drug-likeness (QED) is 0.409. The second-order valence-corrected chi connectivity index (χ2v) is 10.7. The first-order valence-corrected chi connectivity index (χ1v) is 13.3. The molecule has 1 fully saturated rings. The summed E-state index contributed by atoms with van der Waals surface area (Å²) < 4.78 is 5.91. The van der Waals surface area contributed by atoms with Gasteiger partial charge in [0.15, 0.2) is 0 Å². The number of carbonyl (C=O) groups excluding carboxylic acids is 1. The van der Waals surface area contributed by atoms with Crippen LogP contribution in [0.1, 0.15) is 46.0 Å². The number of aromatic nitrogens is 1. The van der Waals surface area contributed by atoms with Crippen LogP contribution in [0.5, 0.6) is 0 Å². The van der Waals surface area contributed by atoms with Gasteiger partial charge in [-0.1, -0.05) is 36.2 Å². The maximum Gasteiger partial charge on any atom is 0.219 e. The van der Waals surface area contributed by atoms with Crippen molar-refractivity contribution in [2.75, 3.05) is 44.2 Å². The molecule has 1 aromatic carbocycles. The molecule has 2 aliphatic heterocycles. The van der Waals surface area contributed by atoms with Crippen LogP contribution in [-0.4, -0.2) is 59.6 Å². The van der Waals surface area contributed by atoms with Crippen LogP contribution < -0.4 is 4.90 Å². The number of unbranched alkanes of at least 4 members (excludes halogenated alkanes) is 3. The predicted octanol–water partition coefficient (Wildman–Crippen LogP) is 5.91. The Balaban J connectivity index is 1.17. The molecular formula is C26H34ClN3O2S. The van der Waals surface area contributed by atoms with E-state index >= 15 is 0 Å². The average Bonchev–Trinajstić information content (AvgIpc) is 2.96. The number of rotatable bonds is 9. The normalized spacial score (nSPS) is 20.0. The van der Waals surface area contributed by atoms with E-state index in [9.17, 15) is 4.79 Å². The number of nitrogens with zero attached hydrogens (tertiary/aromatic N) is 3. The SMILES string of the molecule is CC1=C(OCCCCCCN2CCCN(c3ccnc4cc(Cl)ccc34)CC2)C(C)SC1=O. The van der Waals surface area contributed by atoms with Crippen LogP contribution in [0.4, 0.5) is 5.69 Å². The maximum absolute atomic E-state index is 11.7. The van der Waals surface area contributed by atoms with E-state index in [4.69, 9.17) is 16.3 Å². The Hall–Kier alpha value is -1.76. The van der Waals surface area contributed by atoms with Gasteiger partial charge in [-0.2, -0.15) is 0 Å². The maximum atomic E-state index is 11.7. The summed E-state index contributed by atoms with van der Waals surface area (Å²) in [6.45, 7) is 10.2. The van der Waals surface area contributed by atoms with E-state index in [1.165, 1.54) is 48.5 Å². The molecule has 7 heteroatoms. The monoisotopic (exact) mass is 487 g/mol. The molecule has 0 saturated carbocycles. The van der Waals surface area contributed by atoms with Crippen molar-refractivity contribution in [1.29, 1.82) is 0 Å². The fraction of sp³-hybridized carbons (Fsp3) is 0.538. The largest absolute Gasteiger partial charge is 0.496 e. The Kier molecular flexibility index (Phi) is 8.55. The number of anilines is 1. The first-order chi connectivity index (χ1) is 16.0. The van der Waals surface area contributed by atoms with Crippen molar-refractivity contribution < 1.29 is 9.53 Å². The van der Waals surface area contributed by atoms with E-state index < -0.39 is 0 Å². The molecule has 1 saturated heterocycles. The Morgan fingerprint density at radius 3 is 2.79 bits per heavy atom. The Bertz CT molecular complexity index is 1010. The van der Waals surface area contributed by atoms with E-state index in [2.05, 4.69) is 26.9 Å². The average molecular weight is 488 g/mol. The molecule has 1 aromatic heterocycles. The van der Waals surface area contributed by atoms with E-state index in [0.29, 0.717) is 6.61 Å². The van der Waals surface area contributed by atoms with Gasteiger partial charge in [0, 0.05) is 47.5 Å². The molecule has 1 unspecified atom stereocenters. The summed E-state index contributed by atoms with van der Waals surface area (Å²) in [5.74, 6) is 0.893. The smallest absolute Gasteiger partial charge is 0.219 e. The van der Waals surface area contributed by atoms with E-state index in [-0.39, 0.29) is 10.4 Å². The minimum atomic E-state index is 0.162. The number of carbonyl (C=O) groups is 1. The highest BCUT2D eigenvalue weighted by Gasteiger charge is 2.28. The lowest BCUT2D eigenvalue weighted by Gasteiger charge is -2.25. The van der Waals surface area contributed by atoms with Crippen molar-refractivity contribution in [1.82, 2.24) is 9.88 Å². The summed E-state index contributed by atoms with van der Waals surface area (Å²) in [7, 11) is 0. The fourth-order valence-electron chi connectivity index (χ4n) is 4.72. The number of thioether (sulfide) groups is 1. The van der Waals surface area contributed by atoms with Gasteiger partial charge in [0.25, 0.3) is 0 Å². The molecule has 0 aliphatic carbocycles. The summed E-state index contributed by atoms with van der Waals surface area (Å²) in [6.07, 6.45) is 7.74. The van der Waals surface area contributed by atoms with Crippen LogP contribution in [-0.2, 0) is 9.53 Å². The highest BCUT2D eigenvalue weighted by Crippen LogP contribution is 2.34. The Labute approximate surface area is 206 Å². The lowest BCUT2D eigenvalue weighted by Crippen LogP contribution is -2.31. The van der Waals surface area contributed by atoms with Gasteiger partial charge >= 0.3 is 0 Å². The number of hydrogen-bond donors (Lipinski definition) is 0. The molecule has 0 bridgehead atoms. The van der Waals surface area contributed by atoms with Crippen LogP contribution in [0.15, 0.2) is 41.8 Å². The van der Waals surface area contributed by atoms with Gasteiger partial charge in [-0.25, -0.2) is 0 Å². The summed E-state index contributed by atoms with van der Waals surface area (Å²) in [6, 6.07) is 8.12. The lowest BCUT2D eigenvalue weighted by atomic mass is 10.1. The van der Waals surface area contributed by atoms with Crippen LogP contribution >= 0.6 is 23.4 Å². The minimum Gasteiger partial charge on any atom is -0.496 e. The molecule has 178 valence electrons. The zero-order chi connectivity index (χ0) is 23.2. The molecule has 2 aliphatic rings. The van der Waals surface area contributed by atoms with E-state index in [1.54, 1.807) is 0 Å². The highest BCUT2D eigenvalue weighted by molar-refractivity contribution is 8.15. The summed E-state index contributed by atoms with van der Waals surface area (Å²) >= 11 is 7.52. The molecule has 2 aromatic rings. The van der Waals surface area contributed by atoms with E-state index in [0.717, 1.165) is 61.0 Å². The van der Waals surface area contributed by atoms with E-state index in [1.807, 2.05) is 32.2 Å². The van der Waals surface area contributed by atoms with Crippen molar-refractivity contribution in [3.05, 3.63) is 46.8 Å². The summed E-state index contributed by atoms with van der Waals surface area (Å²) in [4.78, 5) is 21.3. The third-order valence-electron chi connectivity index (χ3n) is 6.57. The van der Waals surface area contributed by atoms with Gasteiger partial charge in [-0.05, 0) is 70.5 Å². The summed E-state index contributed by atoms with van der Waals surface area (Å²) in [5.41, 5.74) is 3.02. The van der Waals surface area contributed by atoms with Crippen molar-refractivity contribution >= 4 is 45.1 Å². The first kappa shape index (κ1) is 24.4. The van der Waals surface area contributed by atoms with Crippen LogP contribution in [0, 0.1) is 0 Å². The van der Waals surface area contributed by atoms with Gasteiger partial charge in [0.05, 0.1) is 17.4 Å². The van der Waals surface area contributed by atoms with Crippen molar-refractivity contribution in [3.63, 3.8) is 0 Å². The molecule has 0 N–H and O–H groups in total. The molecule has 0 spiro atoms. The number of hydrogen-bond acceptors (Lipinski definition) is 6. The zero-order valence-corrected chi connectivity index (χ0v) is 21.3. The first-order valence-electron chi connectivity index (χ1n) is 12.1. The topological polar surface area (TPSA) is 45.7 Å². The standard InChI is InChI=1S/C26H34ClN3O2S/c1-19-25(20(2)33-26(19)31)32-17-6-4-3-5-12-29-13-7-14-30(16-15-29)24-10-11-28-23-18-21(27)8-9-22(23)24/h8-11,18,20H,3-7,12-17H2,1-2H3. The third-order valence-corrected chi connectivity index (χ3v) is 7.89. The highest BCUT2D eigenvalue weighted by atomic mass is 35.5. The zero-order valence-electron chi connectivity index (χ0n) is 19.7. The number of fused-ring (bicyclic) bond motifs is 1. The van der Waals surface area contributed by atoms with Crippen LogP contribution in [0.3, 0.4) is 0 Å². The molecule has 5 nitrogen and oxygen atoms in total. The molecule has 4 rings (SSSR count). The van der Waals surface area contributed by atoms with Crippen LogP contribution in [0.2, 0.25) is 5.02 Å². The van der Waals surface area contributed by atoms with Crippen molar-refractivity contribution in [2.24, 2.45) is 0 Å². The molecule has 0 radical (unpaired) electrons. The molecule has 1 atom stereocenters. The van der Waals surface area contributed by atoms with Gasteiger partial charge < -0.3 is 14.5 Å². The Morgan fingerprint density at radius 2 is 1.97 bits per heavy atom. The van der Waals surface area contributed by atoms with Gasteiger partial charge in [-0.15, -0.1) is 0 Å². The van der Waals surface area contributed by atoms with Crippen molar-refractivity contribution in [3.8, 4) is 0 Å².